The van der Waals surface area contributed by atoms with E-state index in [1.54, 1.807) is 18.2 Å². The largest absolute Gasteiger partial charge is 0.368 e. The van der Waals surface area contributed by atoms with Crippen molar-refractivity contribution >= 4 is 46.1 Å². The second-order valence-corrected chi connectivity index (χ2v) is 9.36. The molecule has 0 saturated carbocycles. The van der Waals surface area contributed by atoms with Crippen LogP contribution in [-0.4, -0.2) is 43.3 Å². The van der Waals surface area contributed by atoms with E-state index in [-0.39, 0.29) is 12.1 Å². The van der Waals surface area contributed by atoms with Gasteiger partial charge in [0.1, 0.15) is 12.4 Å². The molecule has 1 aliphatic rings. The molecule has 34 heavy (non-hydrogen) atoms. The number of aromatic nitrogens is 5. The summed E-state index contributed by atoms with van der Waals surface area (Å²) in [6, 6.07) is 14.6. The van der Waals surface area contributed by atoms with E-state index in [2.05, 4.69) is 20.1 Å². The van der Waals surface area contributed by atoms with Crippen molar-refractivity contribution in [3.8, 4) is 5.69 Å². The van der Waals surface area contributed by atoms with Crippen LogP contribution in [0.4, 0.5) is 5.95 Å². The third kappa shape index (κ3) is 4.38. The van der Waals surface area contributed by atoms with Gasteiger partial charge in [0.15, 0.2) is 5.16 Å². The molecule has 11 heteroatoms. The molecule has 2 aromatic heterocycles. The molecule has 3 heterocycles. The molecule has 174 valence electrons. The zero-order chi connectivity index (χ0) is 23.7. The lowest BCUT2D eigenvalue weighted by Crippen LogP contribution is -2.31. The summed E-state index contributed by atoms with van der Waals surface area (Å²) in [6.45, 7) is 1.58. The van der Waals surface area contributed by atoms with Gasteiger partial charge in [-0.15, -0.1) is 10.2 Å². The van der Waals surface area contributed by atoms with Crippen LogP contribution in [0.3, 0.4) is 0 Å². The molecule has 5 rings (SSSR count). The van der Waals surface area contributed by atoms with Crippen LogP contribution < -0.4 is 16.2 Å². The molecule has 2 N–H and O–H groups in total. The van der Waals surface area contributed by atoms with Crippen LogP contribution >= 0.6 is 23.4 Å². The number of amides is 1. The number of anilines is 1. The minimum Gasteiger partial charge on any atom is -0.368 e. The molecule has 0 radical (unpaired) electrons. The van der Waals surface area contributed by atoms with E-state index in [0.29, 0.717) is 32.7 Å². The van der Waals surface area contributed by atoms with Gasteiger partial charge in [-0.2, -0.15) is 0 Å². The first-order chi connectivity index (χ1) is 16.5. The first kappa shape index (κ1) is 22.4. The summed E-state index contributed by atoms with van der Waals surface area (Å²) in [6.07, 6.45) is 2.20. The maximum Gasteiger partial charge on any atom is 0.261 e. The molecule has 1 aliphatic heterocycles. The van der Waals surface area contributed by atoms with Gasteiger partial charge in [-0.3, -0.25) is 18.7 Å². The molecule has 9 nitrogen and oxygen atoms in total. The predicted molar refractivity (Wildman–Crippen MR) is 133 cm³/mol. The summed E-state index contributed by atoms with van der Waals surface area (Å²) in [5.74, 6) is 0.884. The fourth-order valence-electron chi connectivity index (χ4n) is 4.09. The van der Waals surface area contributed by atoms with Crippen molar-refractivity contribution in [3.63, 3.8) is 0 Å². The Labute approximate surface area is 204 Å². The molecule has 4 aromatic rings. The molecule has 1 amide bonds. The number of halogens is 1. The second-order valence-electron chi connectivity index (χ2n) is 7.98. The Hall–Kier alpha value is -3.37. The third-order valence-electron chi connectivity index (χ3n) is 5.66. The van der Waals surface area contributed by atoms with Crippen LogP contribution in [0.15, 0.2) is 58.5 Å². The highest BCUT2D eigenvalue weighted by molar-refractivity contribution is 7.98. The van der Waals surface area contributed by atoms with Crippen LogP contribution in [0.25, 0.3) is 16.6 Å². The molecule has 0 unspecified atom stereocenters. The molecule has 0 atom stereocenters. The monoisotopic (exact) mass is 495 g/mol. The highest BCUT2D eigenvalue weighted by Gasteiger charge is 2.23. The quantitative estimate of drug-likeness (QED) is 0.392. The van der Waals surface area contributed by atoms with Crippen molar-refractivity contribution in [1.82, 2.24) is 24.3 Å². The van der Waals surface area contributed by atoms with Gasteiger partial charge in [0.25, 0.3) is 5.56 Å². The fraction of sp³-hybridized carbons (Fsp3) is 0.261. The highest BCUT2D eigenvalue weighted by Crippen LogP contribution is 2.31. The Balaban J connectivity index is 1.55. The molecule has 1 fully saturated rings. The number of fused-ring (bicyclic) bond motifs is 1. The van der Waals surface area contributed by atoms with Crippen molar-refractivity contribution in [2.45, 2.75) is 30.3 Å². The number of rotatable bonds is 7. The zero-order valence-electron chi connectivity index (χ0n) is 18.2. The average Bonchev–Trinajstić information content (AvgIpc) is 3.49. The number of benzene rings is 2. The van der Waals surface area contributed by atoms with Gasteiger partial charge in [0.2, 0.25) is 11.9 Å². The van der Waals surface area contributed by atoms with Gasteiger partial charge in [-0.25, -0.2) is 4.98 Å². The molecule has 0 spiro atoms. The van der Waals surface area contributed by atoms with Crippen molar-refractivity contribution in [1.29, 1.82) is 0 Å². The number of hydrogen-bond acceptors (Lipinski definition) is 7. The maximum absolute atomic E-state index is 13.1. The topological polar surface area (TPSA) is 112 Å². The number of carbonyl (C=O) groups is 1. The number of para-hydroxylation sites is 1. The third-order valence-corrected chi connectivity index (χ3v) is 6.82. The van der Waals surface area contributed by atoms with E-state index in [1.807, 2.05) is 34.9 Å². The summed E-state index contributed by atoms with van der Waals surface area (Å²) in [5, 5.41) is 10.6. The SMILES string of the molecule is NC(=O)Cn1c(CSc2nnc(N3CCCC3)n2-c2cccc(Cl)c2)nc2ccccc2c1=O. The Morgan fingerprint density at radius 2 is 1.88 bits per heavy atom. The summed E-state index contributed by atoms with van der Waals surface area (Å²) in [4.78, 5) is 31.6. The van der Waals surface area contributed by atoms with E-state index in [0.717, 1.165) is 37.6 Å². The van der Waals surface area contributed by atoms with Crippen LogP contribution in [0.5, 0.6) is 0 Å². The van der Waals surface area contributed by atoms with Gasteiger partial charge < -0.3 is 10.6 Å². The number of nitrogens with zero attached hydrogens (tertiary/aromatic N) is 6. The number of nitrogens with two attached hydrogens (primary N) is 1. The van der Waals surface area contributed by atoms with Crippen molar-refractivity contribution in [2.75, 3.05) is 18.0 Å². The first-order valence-electron chi connectivity index (χ1n) is 10.9. The van der Waals surface area contributed by atoms with E-state index in [9.17, 15) is 9.59 Å². The number of primary amides is 1. The van der Waals surface area contributed by atoms with E-state index in [1.165, 1.54) is 16.3 Å². The van der Waals surface area contributed by atoms with Gasteiger partial charge in [0, 0.05) is 18.1 Å². The lowest BCUT2D eigenvalue weighted by molar-refractivity contribution is -0.118. The molecular formula is C23H22ClN7O2S. The summed E-state index contributed by atoms with van der Waals surface area (Å²) in [5.41, 5.74) is 6.54. The Morgan fingerprint density at radius 3 is 2.65 bits per heavy atom. The van der Waals surface area contributed by atoms with Crippen molar-refractivity contribution in [3.05, 3.63) is 69.7 Å². The molecule has 1 saturated heterocycles. The Kier molecular flexibility index (Phi) is 6.25. The standard InChI is InChI=1S/C23H22ClN7O2S/c24-15-6-5-7-16(12-15)31-22(29-10-3-4-11-29)27-28-23(31)34-14-20-26-18-9-2-1-8-17(18)21(33)30(20)13-19(25)32/h1-2,5-9,12H,3-4,10-11,13-14H2,(H2,25,32). The normalized spacial score (nSPS) is 13.6. The predicted octanol–water partition coefficient (Wildman–Crippen LogP) is 3.01. The van der Waals surface area contributed by atoms with Gasteiger partial charge >= 0.3 is 0 Å². The van der Waals surface area contributed by atoms with Crippen LogP contribution in [-0.2, 0) is 17.1 Å². The molecule has 0 aliphatic carbocycles. The van der Waals surface area contributed by atoms with E-state index >= 15 is 0 Å². The summed E-state index contributed by atoms with van der Waals surface area (Å²) < 4.78 is 3.30. The molecule has 2 aromatic carbocycles. The lowest BCUT2D eigenvalue weighted by atomic mass is 10.2. The maximum atomic E-state index is 13.1. The van der Waals surface area contributed by atoms with Gasteiger partial charge in [-0.05, 0) is 43.2 Å². The molecule has 0 bridgehead atoms. The Morgan fingerprint density at radius 1 is 1.09 bits per heavy atom. The van der Waals surface area contributed by atoms with Crippen LogP contribution in [0, 0.1) is 0 Å². The average molecular weight is 496 g/mol. The highest BCUT2D eigenvalue weighted by atomic mass is 35.5. The smallest absolute Gasteiger partial charge is 0.261 e. The summed E-state index contributed by atoms with van der Waals surface area (Å²) in [7, 11) is 0. The minimum absolute atomic E-state index is 0.243. The zero-order valence-corrected chi connectivity index (χ0v) is 19.8. The van der Waals surface area contributed by atoms with Crippen molar-refractivity contribution < 1.29 is 4.79 Å². The van der Waals surface area contributed by atoms with Gasteiger partial charge in [-0.1, -0.05) is 41.6 Å². The van der Waals surface area contributed by atoms with Crippen LogP contribution in [0.1, 0.15) is 18.7 Å². The molecular weight excluding hydrogens is 474 g/mol. The van der Waals surface area contributed by atoms with Crippen LogP contribution in [0.2, 0.25) is 5.02 Å². The minimum atomic E-state index is -0.608. The Bertz CT molecular complexity index is 1430. The first-order valence-corrected chi connectivity index (χ1v) is 12.2. The van der Waals surface area contributed by atoms with Gasteiger partial charge in [0.05, 0.1) is 22.3 Å². The number of carbonyl (C=O) groups excluding carboxylic acids is 1. The number of hydrogen-bond donors (Lipinski definition) is 1. The van der Waals surface area contributed by atoms with E-state index < -0.39 is 5.91 Å². The van der Waals surface area contributed by atoms with E-state index in [4.69, 9.17) is 17.3 Å². The number of thioether (sulfide) groups is 1. The fourth-order valence-corrected chi connectivity index (χ4v) is 5.17. The lowest BCUT2D eigenvalue weighted by Gasteiger charge is -2.18. The van der Waals surface area contributed by atoms with Crippen molar-refractivity contribution in [2.24, 2.45) is 5.73 Å². The second kappa shape index (κ2) is 9.47. The summed E-state index contributed by atoms with van der Waals surface area (Å²) >= 11 is 7.66.